The maximum atomic E-state index is 15.0. The summed E-state index contributed by atoms with van der Waals surface area (Å²) >= 11 is 0. The van der Waals surface area contributed by atoms with Crippen LogP contribution in [0.25, 0.3) is 10.8 Å². The molecule has 1 nitrogen and oxygen atoms in total. The third-order valence-electron chi connectivity index (χ3n) is 5.31. The summed E-state index contributed by atoms with van der Waals surface area (Å²) < 4.78 is 43.3. The van der Waals surface area contributed by atoms with E-state index in [1.807, 2.05) is 25.1 Å². The summed E-state index contributed by atoms with van der Waals surface area (Å²) in [5, 5.41) is 10.3. The molecule has 0 bridgehead atoms. The van der Waals surface area contributed by atoms with Crippen molar-refractivity contribution < 1.29 is 13.2 Å². The van der Waals surface area contributed by atoms with Gasteiger partial charge in [-0.25, -0.2) is 13.2 Å². The molecule has 1 atom stereocenters. The van der Waals surface area contributed by atoms with Gasteiger partial charge < -0.3 is 0 Å². The van der Waals surface area contributed by atoms with E-state index in [4.69, 9.17) is 5.26 Å². The Balaban J connectivity index is 1.76. The van der Waals surface area contributed by atoms with Gasteiger partial charge in [0.15, 0.2) is 0 Å². The first-order chi connectivity index (χ1) is 12.5. The summed E-state index contributed by atoms with van der Waals surface area (Å²) in [5.41, 5.74) is 2.02. The molecule has 0 heterocycles. The van der Waals surface area contributed by atoms with Crippen LogP contribution in [0.4, 0.5) is 13.2 Å². The summed E-state index contributed by atoms with van der Waals surface area (Å²) in [7, 11) is 0. The van der Waals surface area contributed by atoms with Crippen LogP contribution in [0, 0.1) is 35.7 Å². The van der Waals surface area contributed by atoms with Crippen LogP contribution in [0.3, 0.4) is 0 Å². The summed E-state index contributed by atoms with van der Waals surface area (Å²) in [4.78, 5) is 0. The van der Waals surface area contributed by atoms with E-state index in [1.54, 1.807) is 18.2 Å². The highest BCUT2D eigenvalue weighted by Crippen LogP contribution is 2.38. The molecule has 4 heteroatoms. The van der Waals surface area contributed by atoms with Gasteiger partial charge in [-0.3, -0.25) is 0 Å². The van der Waals surface area contributed by atoms with Gasteiger partial charge in [0.2, 0.25) is 0 Å². The molecule has 0 saturated heterocycles. The van der Waals surface area contributed by atoms with E-state index in [9.17, 15) is 8.78 Å². The maximum Gasteiger partial charge on any atom is 0.147 e. The zero-order valence-corrected chi connectivity index (χ0v) is 14.2. The van der Waals surface area contributed by atoms with E-state index >= 15 is 4.39 Å². The van der Waals surface area contributed by atoms with Crippen molar-refractivity contribution in [3.05, 3.63) is 81.7 Å². The van der Waals surface area contributed by atoms with Crippen LogP contribution in [0.2, 0.25) is 0 Å². The molecule has 0 saturated carbocycles. The fourth-order valence-corrected chi connectivity index (χ4v) is 3.96. The predicted octanol–water partition coefficient (Wildman–Crippen LogP) is 5.71. The van der Waals surface area contributed by atoms with Gasteiger partial charge in [-0.2, -0.15) is 5.26 Å². The Kier molecular flexibility index (Phi) is 3.96. The molecular weight excluding hydrogens is 335 g/mol. The third-order valence-corrected chi connectivity index (χ3v) is 5.31. The van der Waals surface area contributed by atoms with Crippen molar-refractivity contribution in [1.29, 1.82) is 5.26 Å². The smallest absolute Gasteiger partial charge is 0.147 e. The lowest BCUT2D eigenvalue weighted by Gasteiger charge is -2.26. The molecule has 0 aliphatic heterocycles. The van der Waals surface area contributed by atoms with E-state index in [1.165, 1.54) is 6.07 Å². The normalized spacial score (nSPS) is 16.3. The minimum atomic E-state index is -0.848. The maximum absolute atomic E-state index is 15.0. The van der Waals surface area contributed by atoms with Gasteiger partial charge in [-0.05, 0) is 60.2 Å². The minimum absolute atomic E-state index is 0.139. The van der Waals surface area contributed by atoms with E-state index < -0.39 is 17.2 Å². The molecular formula is C22H16F3N. The third kappa shape index (κ3) is 2.55. The molecule has 0 radical (unpaired) electrons. The van der Waals surface area contributed by atoms with Gasteiger partial charge in [0.1, 0.15) is 29.1 Å². The molecule has 0 fully saturated rings. The molecule has 3 aromatic rings. The minimum Gasteiger partial charge on any atom is -0.206 e. The van der Waals surface area contributed by atoms with Crippen molar-refractivity contribution in [1.82, 2.24) is 0 Å². The first-order valence-corrected chi connectivity index (χ1v) is 8.58. The number of rotatable bonds is 1. The number of fused-ring (bicyclic) bond motifs is 2. The average Bonchev–Trinajstić information content (AvgIpc) is 2.61. The molecule has 1 aliphatic carbocycles. The largest absolute Gasteiger partial charge is 0.206 e. The van der Waals surface area contributed by atoms with Crippen LogP contribution in [0.1, 0.15) is 40.2 Å². The Hall–Kier alpha value is -2.80. The average molecular weight is 351 g/mol. The lowest BCUT2D eigenvalue weighted by molar-refractivity contribution is 0.505. The molecule has 3 aromatic carbocycles. The van der Waals surface area contributed by atoms with Crippen LogP contribution < -0.4 is 0 Å². The van der Waals surface area contributed by atoms with Crippen LogP contribution in [-0.2, 0) is 12.8 Å². The van der Waals surface area contributed by atoms with Crippen molar-refractivity contribution in [3.63, 3.8) is 0 Å². The van der Waals surface area contributed by atoms with E-state index in [2.05, 4.69) is 0 Å². The molecule has 130 valence electrons. The highest BCUT2D eigenvalue weighted by molar-refractivity contribution is 5.84. The van der Waals surface area contributed by atoms with E-state index in [-0.39, 0.29) is 11.7 Å². The molecule has 0 N–H and O–H groups in total. The van der Waals surface area contributed by atoms with Crippen LogP contribution >= 0.6 is 0 Å². The topological polar surface area (TPSA) is 23.8 Å². The fraction of sp³-hybridized carbons (Fsp3) is 0.227. The molecule has 1 unspecified atom stereocenters. The lowest BCUT2D eigenvalue weighted by Crippen LogP contribution is -2.17. The van der Waals surface area contributed by atoms with Crippen LogP contribution in [0.15, 0.2) is 36.4 Å². The summed E-state index contributed by atoms with van der Waals surface area (Å²) in [5.74, 6) is -2.01. The predicted molar refractivity (Wildman–Crippen MR) is 94.5 cm³/mol. The van der Waals surface area contributed by atoms with Crippen molar-refractivity contribution in [2.24, 2.45) is 0 Å². The molecule has 1 aliphatic rings. The van der Waals surface area contributed by atoms with Crippen LogP contribution in [-0.4, -0.2) is 0 Å². The van der Waals surface area contributed by atoms with Gasteiger partial charge in [0, 0.05) is 5.39 Å². The number of nitrogens with zero attached hydrogens (tertiary/aromatic N) is 1. The number of hydrogen-bond donors (Lipinski definition) is 0. The fourth-order valence-electron chi connectivity index (χ4n) is 3.96. The Labute approximate surface area is 149 Å². The molecule has 0 amide bonds. The monoisotopic (exact) mass is 351 g/mol. The van der Waals surface area contributed by atoms with E-state index in [0.29, 0.717) is 41.3 Å². The number of hydrogen-bond acceptors (Lipinski definition) is 1. The lowest BCUT2D eigenvalue weighted by atomic mass is 9.78. The van der Waals surface area contributed by atoms with Crippen molar-refractivity contribution in [2.75, 3.05) is 0 Å². The first-order valence-electron chi connectivity index (χ1n) is 8.58. The second kappa shape index (κ2) is 6.17. The zero-order chi connectivity index (χ0) is 18.4. The number of benzene rings is 3. The van der Waals surface area contributed by atoms with Crippen molar-refractivity contribution >= 4 is 10.8 Å². The molecule has 26 heavy (non-hydrogen) atoms. The zero-order valence-electron chi connectivity index (χ0n) is 14.2. The van der Waals surface area contributed by atoms with Gasteiger partial charge >= 0.3 is 0 Å². The van der Waals surface area contributed by atoms with Crippen LogP contribution in [0.5, 0.6) is 0 Å². The molecule has 0 spiro atoms. The van der Waals surface area contributed by atoms with Gasteiger partial charge in [0.25, 0.3) is 0 Å². The second-order valence-electron chi connectivity index (χ2n) is 6.93. The summed E-state index contributed by atoms with van der Waals surface area (Å²) in [6.45, 7) is 1.96. The van der Waals surface area contributed by atoms with Crippen molar-refractivity contribution in [2.45, 2.75) is 32.1 Å². The molecule has 4 rings (SSSR count). The summed E-state index contributed by atoms with van der Waals surface area (Å²) in [6, 6.07) is 12.1. The van der Waals surface area contributed by atoms with Gasteiger partial charge in [0.05, 0.1) is 0 Å². The molecule has 0 aromatic heterocycles. The van der Waals surface area contributed by atoms with Crippen molar-refractivity contribution in [3.8, 4) is 6.07 Å². The highest BCUT2D eigenvalue weighted by atomic mass is 19.1. The quantitative estimate of drug-likeness (QED) is 0.551. The Morgan fingerprint density at radius 3 is 2.62 bits per heavy atom. The highest BCUT2D eigenvalue weighted by Gasteiger charge is 2.28. The Morgan fingerprint density at radius 1 is 1.04 bits per heavy atom. The van der Waals surface area contributed by atoms with Gasteiger partial charge in [-0.1, -0.05) is 35.9 Å². The Morgan fingerprint density at radius 2 is 1.85 bits per heavy atom. The summed E-state index contributed by atoms with van der Waals surface area (Å²) in [6.07, 6.45) is 1.30. The van der Waals surface area contributed by atoms with Gasteiger partial charge in [-0.15, -0.1) is 0 Å². The SMILES string of the molecule is Cc1ccc2c(F)c(C3CCc4c(cc(F)c(C#N)c4F)C3)ccc2c1. The number of halogens is 3. The number of aryl methyl sites for hydroxylation is 1. The first kappa shape index (κ1) is 16.7. The van der Waals surface area contributed by atoms with E-state index in [0.717, 1.165) is 10.9 Å². The number of nitriles is 1. The standard InChI is InChI=1S/C22H16F3N/c1-12-2-5-16-13(8-12)3-6-17(21(16)24)14-4-7-18-15(9-14)10-20(23)19(11-26)22(18)25/h2-3,5-6,8,10,14H,4,7,9H2,1H3. The Bertz CT molecular complexity index is 1080. The second-order valence-corrected chi connectivity index (χ2v) is 6.93.